The summed E-state index contributed by atoms with van der Waals surface area (Å²) < 4.78 is 0. The molecule has 116 valence electrons. The van der Waals surface area contributed by atoms with Crippen LogP contribution >= 0.6 is 0 Å². The van der Waals surface area contributed by atoms with Gasteiger partial charge in [0.15, 0.2) is 0 Å². The van der Waals surface area contributed by atoms with Gasteiger partial charge in [-0.05, 0) is 57.3 Å². The highest BCUT2D eigenvalue weighted by atomic mass is 16.3. The average Bonchev–Trinajstić information content (AvgIpc) is 2.46. The minimum atomic E-state index is -0.674. The van der Waals surface area contributed by atoms with Crippen molar-refractivity contribution in [3.63, 3.8) is 0 Å². The molecule has 0 bridgehead atoms. The molecule has 0 unspecified atom stereocenters. The van der Waals surface area contributed by atoms with Gasteiger partial charge in [0, 0.05) is 18.5 Å². The number of hydrogen-bond acceptors (Lipinski definition) is 3. The van der Waals surface area contributed by atoms with Crippen LogP contribution in [0.5, 0.6) is 0 Å². The molecule has 2 rings (SSSR count). The zero-order valence-corrected chi connectivity index (χ0v) is 12.7. The van der Waals surface area contributed by atoms with Crippen LogP contribution in [-0.4, -0.2) is 29.2 Å². The van der Waals surface area contributed by atoms with E-state index in [1.54, 1.807) is 0 Å². The van der Waals surface area contributed by atoms with E-state index in [2.05, 4.69) is 12.2 Å². The molecule has 2 fully saturated rings. The SMILES string of the molecule is CCC1CCC(O)(CNC(=O)C2CCC(N)CC2)CC1. The fourth-order valence-electron chi connectivity index (χ4n) is 3.58. The fraction of sp³-hybridized carbons (Fsp3) is 0.938. The summed E-state index contributed by atoms with van der Waals surface area (Å²) in [6, 6.07) is 0.271. The standard InChI is InChI=1S/C16H30N2O2/c1-2-12-7-9-16(20,10-8-12)11-18-15(19)13-3-5-14(17)6-4-13/h12-14,20H,2-11,17H2,1H3,(H,18,19). The van der Waals surface area contributed by atoms with Gasteiger partial charge in [0.05, 0.1) is 5.60 Å². The Balaban J connectivity index is 1.73. The third-order valence-corrected chi connectivity index (χ3v) is 5.35. The van der Waals surface area contributed by atoms with Crippen molar-refractivity contribution in [2.45, 2.75) is 76.4 Å². The van der Waals surface area contributed by atoms with Gasteiger partial charge in [-0.15, -0.1) is 0 Å². The minimum absolute atomic E-state index is 0.102. The molecule has 1 amide bonds. The summed E-state index contributed by atoms with van der Waals surface area (Å²) >= 11 is 0. The van der Waals surface area contributed by atoms with Crippen LogP contribution in [0.2, 0.25) is 0 Å². The van der Waals surface area contributed by atoms with E-state index >= 15 is 0 Å². The van der Waals surface area contributed by atoms with Gasteiger partial charge in [-0.3, -0.25) is 4.79 Å². The van der Waals surface area contributed by atoms with E-state index in [4.69, 9.17) is 5.73 Å². The summed E-state index contributed by atoms with van der Waals surface area (Å²) in [5.41, 5.74) is 5.19. The van der Waals surface area contributed by atoms with E-state index in [1.807, 2.05) is 0 Å². The third-order valence-electron chi connectivity index (χ3n) is 5.35. The number of aliphatic hydroxyl groups is 1. The molecule has 0 aliphatic heterocycles. The van der Waals surface area contributed by atoms with Gasteiger partial charge in [0.2, 0.25) is 5.91 Å². The minimum Gasteiger partial charge on any atom is -0.388 e. The molecule has 0 aromatic rings. The molecule has 4 heteroatoms. The van der Waals surface area contributed by atoms with Crippen LogP contribution in [0.25, 0.3) is 0 Å². The molecule has 20 heavy (non-hydrogen) atoms. The van der Waals surface area contributed by atoms with Crippen molar-refractivity contribution in [2.24, 2.45) is 17.6 Å². The summed E-state index contributed by atoms with van der Waals surface area (Å²) in [4.78, 5) is 12.1. The Bertz CT molecular complexity index is 316. The summed E-state index contributed by atoms with van der Waals surface area (Å²) in [5, 5.41) is 13.5. The maximum Gasteiger partial charge on any atom is 0.223 e. The summed E-state index contributed by atoms with van der Waals surface area (Å²) in [6.45, 7) is 2.63. The maximum absolute atomic E-state index is 12.1. The first kappa shape index (κ1) is 15.8. The van der Waals surface area contributed by atoms with E-state index in [0.29, 0.717) is 6.54 Å². The predicted molar refractivity (Wildman–Crippen MR) is 80.1 cm³/mol. The van der Waals surface area contributed by atoms with E-state index in [-0.39, 0.29) is 17.9 Å². The van der Waals surface area contributed by atoms with Gasteiger partial charge in [-0.25, -0.2) is 0 Å². The molecule has 2 saturated carbocycles. The molecule has 2 aliphatic rings. The summed E-state index contributed by atoms with van der Waals surface area (Å²) in [6.07, 6.45) is 8.68. The van der Waals surface area contributed by atoms with Crippen molar-refractivity contribution in [1.29, 1.82) is 0 Å². The first-order chi connectivity index (χ1) is 9.52. The van der Waals surface area contributed by atoms with Gasteiger partial charge in [-0.2, -0.15) is 0 Å². The quantitative estimate of drug-likeness (QED) is 0.737. The number of nitrogens with two attached hydrogens (primary N) is 1. The topological polar surface area (TPSA) is 75.3 Å². The van der Waals surface area contributed by atoms with Crippen LogP contribution in [0.4, 0.5) is 0 Å². The number of nitrogens with one attached hydrogen (secondary N) is 1. The van der Waals surface area contributed by atoms with Crippen molar-refractivity contribution in [3.05, 3.63) is 0 Å². The van der Waals surface area contributed by atoms with E-state index < -0.39 is 5.60 Å². The molecule has 0 spiro atoms. The number of carbonyl (C=O) groups excluding carboxylic acids is 1. The van der Waals surface area contributed by atoms with Crippen LogP contribution in [0, 0.1) is 11.8 Å². The first-order valence-corrected chi connectivity index (χ1v) is 8.28. The Morgan fingerprint density at radius 1 is 1.20 bits per heavy atom. The molecule has 0 atom stereocenters. The van der Waals surface area contributed by atoms with Crippen LogP contribution in [0.15, 0.2) is 0 Å². The smallest absolute Gasteiger partial charge is 0.223 e. The van der Waals surface area contributed by atoms with Gasteiger partial charge in [0.1, 0.15) is 0 Å². The highest BCUT2D eigenvalue weighted by Crippen LogP contribution is 2.33. The number of hydrogen-bond donors (Lipinski definition) is 3. The Kier molecular flexibility index (Phi) is 5.44. The summed E-state index contributed by atoms with van der Waals surface area (Å²) in [5.74, 6) is 0.971. The van der Waals surface area contributed by atoms with Crippen LogP contribution < -0.4 is 11.1 Å². The molecule has 0 aromatic heterocycles. The van der Waals surface area contributed by atoms with E-state index in [9.17, 15) is 9.90 Å². The lowest BCUT2D eigenvalue weighted by Gasteiger charge is -2.36. The molecule has 0 heterocycles. The lowest BCUT2D eigenvalue weighted by Crippen LogP contribution is -2.47. The maximum atomic E-state index is 12.1. The average molecular weight is 282 g/mol. The summed E-state index contributed by atoms with van der Waals surface area (Å²) in [7, 11) is 0. The second kappa shape index (κ2) is 6.90. The van der Waals surface area contributed by atoms with Crippen molar-refractivity contribution in [3.8, 4) is 0 Å². The van der Waals surface area contributed by atoms with E-state index in [0.717, 1.165) is 57.3 Å². The largest absolute Gasteiger partial charge is 0.388 e. The number of rotatable bonds is 4. The molecule has 0 aromatic carbocycles. The van der Waals surface area contributed by atoms with Crippen molar-refractivity contribution in [1.82, 2.24) is 5.32 Å². The Morgan fingerprint density at radius 3 is 2.35 bits per heavy atom. The number of carbonyl (C=O) groups is 1. The lowest BCUT2D eigenvalue weighted by atomic mass is 9.77. The first-order valence-electron chi connectivity index (χ1n) is 8.28. The molecule has 2 aliphatic carbocycles. The lowest BCUT2D eigenvalue weighted by molar-refractivity contribution is -0.127. The van der Waals surface area contributed by atoms with Gasteiger partial charge >= 0.3 is 0 Å². The van der Waals surface area contributed by atoms with Crippen LogP contribution in [-0.2, 0) is 4.79 Å². The molecule has 4 N–H and O–H groups in total. The zero-order valence-electron chi connectivity index (χ0n) is 12.7. The van der Waals surface area contributed by atoms with Gasteiger partial charge < -0.3 is 16.2 Å². The van der Waals surface area contributed by atoms with Crippen LogP contribution in [0.1, 0.15) is 64.7 Å². The van der Waals surface area contributed by atoms with E-state index in [1.165, 1.54) is 6.42 Å². The Labute approximate surface area is 122 Å². The molecule has 0 radical (unpaired) electrons. The second-order valence-electron chi connectivity index (χ2n) is 6.91. The van der Waals surface area contributed by atoms with Crippen LogP contribution in [0.3, 0.4) is 0 Å². The number of amides is 1. The van der Waals surface area contributed by atoms with Crippen molar-refractivity contribution < 1.29 is 9.90 Å². The molecular formula is C16H30N2O2. The van der Waals surface area contributed by atoms with Gasteiger partial charge in [-0.1, -0.05) is 13.3 Å². The molecular weight excluding hydrogens is 252 g/mol. The zero-order chi connectivity index (χ0) is 14.6. The van der Waals surface area contributed by atoms with Crippen molar-refractivity contribution >= 4 is 5.91 Å². The van der Waals surface area contributed by atoms with Crippen molar-refractivity contribution in [2.75, 3.05) is 6.54 Å². The normalized spacial score (nSPS) is 38.5. The predicted octanol–water partition coefficient (Wildman–Crippen LogP) is 1.95. The molecule has 4 nitrogen and oxygen atoms in total. The highest BCUT2D eigenvalue weighted by molar-refractivity contribution is 5.78. The highest BCUT2D eigenvalue weighted by Gasteiger charge is 2.34. The Morgan fingerprint density at radius 2 is 1.80 bits per heavy atom. The molecule has 0 saturated heterocycles. The monoisotopic (exact) mass is 282 g/mol. The van der Waals surface area contributed by atoms with Gasteiger partial charge in [0.25, 0.3) is 0 Å². The Hall–Kier alpha value is -0.610. The fourth-order valence-corrected chi connectivity index (χ4v) is 3.58. The third kappa shape index (κ3) is 4.19. The second-order valence-corrected chi connectivity index (χ2v) is 6.91.